The first-order valence-electron chi connectivity index (χ1n) is 11.5. The highest BCUT2D eigenvalue weighted by Gasteiger charge is 2.39. The number of unbranched alkanes of at least 4 members (excludes halogenated alkanes) is 4. The first-order valence-corrected chi connectivity index (χ1v) is 11.5. The molecule has 168 valence electrons. The van der Waals surface area contributed by atoms with Crippen molar-refractivity contribution < 1.29 is 24.9 Å². The summed E-state index contributed by atoms with van der Waals surface area (Å²) in [6, 6.07) is 0. The fraction of sp³-hybridized carbons (Fsp3) is 0.792. The van der Waals surface area contributed by atoms with E-state index < -0.39 is 18.3 Å². The van der Waals surface area contributed by atoms with Crippen molar-refractivity contribution in [2.75, 3.05) is 6.61 Å². The lowest BCUT2D eigenvalue weighted by atomic mass is 9.89. The molecule has 0 aliphatic heterocycles. The van der Waals surface area contributed by atoms with Crippen molar-refractivity contribution in [2.45, 2.75) is 103 Å². The summed E-state index contributed by atoms with van der Waals surface area (Å²) in [6.07, 6.45) is 15.4. The molecule has 0 amide bonds. The Bertz CT molecular complexity index is 488. The number of aliphatic hydroxyl groups is 3. The molecule has 0 aromatic heterocycles. The maximum atomic E-state index is 11.3. The molecule has 0 unspecified atom stereocenters. The van der Waals surface area contributed by atoms with Crippen molar-refractivity contribution in [3.05, 3.63) is 24.3 Å². The summed E-state index contributed by atoms with van der Waals surface area (Å²) < 4.78 is 5.14. The molecule has 0 radical (unpaired) electrons. The molecule has 3 N–H and O–H groups in total. The van der Waals surface area contributed by atoms with E-state index in [9.17, 15) is 20.1 Å². The van der Waals surface area contributed by atoms with Crippen LogP contribution in [0.4, 0.5) is 0 Å². The van der Waals surface area contributed by atoms with Gasteiger partial charge in [0.15, 0.2) is 0 Å². The molecular weight excluding hydrogens is 368 g/mol. The number of carbonyl (C=O) groups is 1. The molecule has 5 heteroatoms. The zero-order chi connectivity index (χ0) is 21.5. The average Bonchev–Trinajstić information content (AvgIpc) is 2.95. The van der Waals surface area contributed by atoms with Crippen LogP contribution in [0.25, 0.3) is 0 Å². The predicted molar refractivity (Wildman–Crippen MR) is 116 cm³/mol. The van der Waals surface area contributed by atoms with Crippen LogP contribution in [0.3, 0.4) is 0 Å². The SMILES string of the molecule is CCCCC[C@H](O)C=C[C@@H]1[C@@H](CC=CCCCCOC(=O)CCC)[C@@H](O)C[C@H]1O. The lowest BCUT2D eigenvalue weighted by Crippen LogP contribution is -2.20. The van der Waals surface area contributed by atoms with Crippen LogP contribution < -0.4 is 0 Å². The summed E-state index contributed by atoms with van der Waals surface area (Å²) in [5.74, 6) is -0.254. The Morgan fingerprint density at radius 3 is 2.59 bits per heavy atom. The topological polar surface area (TPSA) is 87.0 Å². The molecule has 0 aromatic rings. The smallest absolute Gasteiger partial charge is 0.305 e. The quantitative estimate of drug-likeness (QED) is 0.213. The van der Waals surface area contributed by atoms with Gasteiger partial charge in [-0.05, 0) is 44.4 Å². The molecule has 1 rings (SSSR count). The number of carbonyl (C=O) groups excluding carboxylic acids is 1. The maximum absolute atomic E-state index is 11.3. The highest BCUT2D eigenvalue weighted by atomic mass is 16.5. The number of esters is 1. The molecule has 0 saturated heterocycles. The molecule has 0 spiro atoms. The summed E-state index contributed by atoms with van der Waals surface area (Å²) in [5, 5.41) is 30.7. The minimum absolute atomic E-state index is 0.0182. The van der Waals surface area contributed by atoms with E-state index in [1.807, 2.05) is 13.0 Å². The van der Waals surface area contributed by atoms with E-state index in [4.69, 9.17) is 4.74 Å². The van der Waals surface area contributed by atoms with Gasteiger partial charge in [-0.25, -0.2) is 0 Å². The summed E-state index contributed by atoms with van der Waals surface area (Å²) in [4.78, 5) is 11.3. The van der Waals surface area contributed by atoms with Gasteiger partial charge < -0.3 is 20.1 Å². The second kappa shape index (κ2) is 15.6. The normalized spacial score (nSPS) is 25.8. The van der Waals surface area contributed by atoms with Crippen molar-refractivity contribution >= 4 is 5.97 Å². The third kappa shape index (κ3) is 11.0. The Labute approximate surface area is 176 Å². The minimum Gasteiger partial charge on any atom is -0.466 e. The Morgan fingerprint density at radius 1 is 1.07 bits per heavy atom. The first-order chi connectivity index (χ1) is 14.0. The monoisotopic (exact) mass is 410 g/mol. The van der Waals surface area contributed by atoms with Crippen LogP contribution in [-0.2, 0) is 9.53 Å². The highest BCUT2D eigenvalue weighted by Crippen LogP contribution is 2.36. The lowest BCUT2D eigenvalue weighted by Gasteiger charge is -2.19. The molecule has 0 bridgehead atoms. The number of ether oxygens (including phenoxy) is 1. The Balaban J connectivity index is 2.32. The standard InChI is InChI=1S/C24H42O5/c1-3-5-9-13-19(25)15-16-21-20(22(26)18-23(21)27)14-10-7-6-8-11-17-29-24(28)12-4-2/h7,10,15-16,19-23,25-27H,3-6,8-9,11-14,17-18H2,1-2H3/t19-,20+,21+,22-,23+/m0/s1. The summed E-state index contributed by atoms with van der Waals surface area (Å²) in [7, 11) is 0. The summed E-state index contributed by atoms with van der Waals surface area (Å²) in [6.45, 7) is 4.58. The van der Waals surface area contributed by atoms with Crippen molar-refractivity contribution in [3.8, 4) is 0 Å². The molecule has 5 atom stereocenters. The van der Waals surface area contributed by atoms with Crippen LogP contribution in [0.15, 0.2) is 24.3 Å². The van der Waals surface area contributed by atoms with E-state index in [0.717, 1.165) is 51.4 Å². The van der Waals surface area contributed by atoms with Crippen LogP contribution in [0.5, 0.6) is 0 Å². The van der Waals surface area contributed by atoms with Crippen LogP contribution in [0, 0.1) is 11.8 Å². The Kier molecular flexibility index (Phi) is 14.0. The van der Waals surface area contributed by atoms with Crippen LogP contribution in [0.2, 0.25) is 0 Å². The molecule has 1 aliphatic carbocycles. The van der Waals surface area contributed by atoms with Gasteiger partial charge in [-0.15, -0.1) is 0 Å². The second-order valence-corrected chi connectivity index (χ2v) is 8.23. The molecule has 1 fully saturated rings. The molecule has 0 heterocycles. The van der Waals surface area contributed by atoms with Crippen molar-refractivity contribution in [1.82, 2.24) is 0 Å². The van der Waals surface area contributed by atoms with Gasteiger partial charge in [0.25, 0.3) is 0 Å². The maximum Gasteiger partial charge on any atom is 0.305 e. The molecular formula is C24H42O5. The van der Waals surface area contributed by atoms with E-state index in [1.54, 1.807) is 6.08 Å². The predicted octanol–water partition coefficient (Wildman–Crippen LogP) is 4.30. The number of hydrogen-bond acceptors (Lipinski definition) is 5. The van der Waals surface area contributed by atoms with Crippen molar-refractivity contribution in [1.29, 1.82) is 0 Å². The van der Waals surface area contributed by atoms with Crippen LogP contribution >= 0.6 is 0 Å². The highest BCUT2D eigenvalue weighted by molar-refractivity contribution is 5.69. The van der Waals surface area contributed by atoms with Gasteiger partial charge in [-0.1, -0.05) is 57.4 Å². The fourth-order valence-corrected chi connectivity index (χ4v) is 3.86. The zero-order valence-electron chi connectivity index (χ0n) is 18.3. The Hall–Kier alpha value is -1.17. The van der Waals surface area contributed by atoms with Gasteiger partial charge in [-0.2, -0.15) is 0 Å². The van der Waals surface area contributed by atoms with Crippen molar-refractivity contribution in [3.63, 3.8) is 0 Å². The van der Waals surface area contributed by atoms with Crippen molar-refractivity contribution in [2.24, 2.45) is 11.8 Å². The first kappa shape index (κ1) is 25.9. The Morgan fingerprint density at radius 2 is 1.86 bits per heavy atom. The minimum atomic E-state index is -0.555. The second-order valence-electron chi connectivity index (χ2n) is 8.23. The number of hydrogen-bond donors (Lipinski definition) is 3. The van der Waals surface area contributed by atoms with Gasteiger partial charge in [0.2, 0.25) is 0 Å². The van der Waals surface area contributed by atoms with E-state index in [2.05, 4.69) is 19.1 Å². The van der Waals surface area contributed by atoms with E-state index >= 15 is 0 Å². The zero-order valence-corrected chi connectivity index (χ0v) is 18.3. The molecule has 1 aliphatic rings. The third-order valence-corrected chi connectivity index (χ3v) is 5.63. The van der Waals surface area contributed by atoms with Gasteiger partial charge in [0, 0.05) is 18.8 Å². The van der Waals surface area contributed by atoms with Gasteiger partial charge in [-0.3, -0.25) is 4.79 Å². The van der Waals surface area contributed by atoms with Gasteiger partial charge >= 0.3 is 5.97 Å². The van der Waals surface area contributed by atoms with E-state index in [1.165, 1.54) is 0 Å². The summed E-state index contributed by atoms with van der Waals surface area (Å²) in [5.41, 5.74) is 0. The number of aliphatic hydroxyl groups excluding tert-OH is 3. The number of allylic oxidation sites excluding steroid dienone is 2. The average molecular weight is 411 g/mol. The van der Waals surface area contributed by atoms with Crippen LogP contribution in [-0.4, -0.2) is 46.2 Å². The lowest BCUT2D eigenvalue weighted by molar-refractivity contribution is -0.143. The number of rotatable bonds is 15. The molecule has 5 nitrogen and oxygen atoms in total. The summed E-state index contributed by atoms with van der Waals surface area (Å²) >= 11 is 0. The molecule has 0 aromatic carbocycles. The van der Waals surface area contributed by atoms with Gasteiger partial charge in [0.05, 0.1) is 24.9 Å². The van der Waals surface area contributed by atoms with Crippen LogP contribution in [0.1, 0.15) is 84.5 Å². The van der Waals surface area contributed by atoms with E-state index in [0.29, 0.717) is 25.9 Å². The van der Waals surface area contributed by atoms with Gasteiger partial charge in [0.1, 0.15) is 0 Å². The van der Waals surface area contributed by atoms with E-state index in [-0.39, 0.29) is 17.8 Å². The largest absolute Gasteiger partial charge is 0.466 e. The molecule has 29 heavy (non-hydrogen) atoms. The third-order valence-electron chi connectivity index (χ3n) is 5.63. The fourth-order valence-electron chi connectivity index (χ4n) is 3.86. The molecule has 1 saturated carbocycles.